The molecule has 2 heterocycles. The zero-order valence-corrected chi connectivity index (χ0v) is 26.4. The minimum absolute atomic E-state index is 0.0164. The maximum absolute atomic E-state index is 10.9. The lowest BCUT2D eigenvalue weighted by atomic mass is 9.85. The van der Waals surface area contributed by atoms with E-state index in [1.807, 2.05) is 39.4 Å². The van der Waals surface area contributed by atoms with Crippen molar-refractivity contribution in [3.63, 3.8) is 0 Å². The molecule has 4 atom stereocenters. The van der Waals surface area contributed by atoms with E-state index in [0.29, 0.717) is 29.0 Å². The minimum atomic E-state index is -1.11. The van der Waals surface area contributed by atoms with Gasteiger partial charge in [0.25, 0.3) is 14.8 Å². The van der Waals surface area contributed by atoms with Crippen molar-refractivity contribution in [2.75, 3.05) is 13.6 Å². The van der Waals surface area contributed by atoms with Gasteiger partial charge in [-0.05, 0) is 44.7 Å². The Morgan fingerprint density at radius 2 is 1.29 bits per heavy atom. The molecule has 42 heavy (non-hydrogen) atoms. The lowest BCUT2D eigenvalue weighted by Crippen LogP contribution is -2.43. The Morgan fingerprint density at radius 3 is 1.62 bits per heavy atom. The Labute approximate surface area is 256 Å². The van der Waals surface area contributed by atoms with E-state index in [4.69, 9.17) is 10.2 Å². The summed E-state index contributed by atoms with van der Waals surface area (Å²) < 4.78 is 0. The van der Waals surface area contributed by atoms with Gasteiger partial charge in [0.1, 0.15) is 22.2 Å². The molecular weight excluding hydrogens is 582 g/mol. The fourth-order valence-corrected chi connectivity index (χ4v) is 5.91. The number of carbonyl (C=O) groups is 4. The number of aliphatic hydroxyl groups excluding tert-OH is 2. The van der Waals surface area contributed by atoms with Gasteiger partial charge in [0, 0.05) is 22.8 Å². The summed E-state index contributed by atoms with van der Waals surface area (Å²) in [5.74, 6) is -1.75. The van der Waals surface area contributed by atoms with Crippen molar-refractivity contribution in [2.45, 2.75) is 78.2 Å². The smallest absolute Gasteiger partial charge is 0.355 e. The van der Waals surface area contributed by atoms with Gasteiger partial charge in [-0.25, -0.2) is 19.6 Å². The predicted molar refractivity (Wildman–Crippen MR) is 164 cm³/mol. The summed E-state index contributed by atoms with van der Waals surface area (Å²) >= 11 is 2.26. The van der Waals surface area contributed by atoms with Crippen LogP contribution in [0.2, 0.25) is 0 Å². The van der Waals surface area contributed by atoms with Crippen LogP contribution in [0.3, 0.4) is 0 Å². The molecule has 0 amide bonds. The summed E-state index contributed by atoms with van der Waals surface area (Å²) in [6.45, 7) is 10.8. The Hall–Kier alpha value is -2.49. The summed E-state index contributed by atoms with van der Waals surface area (Å²) in [5.41, 5.74) is -0.108. The Kier molecular flexibility index (Phi) is 16.9. The quantitative estimate of drug-likeness (QED) is 0.141. The maximum atomic E-state index is 10.9. The normalized spacial score (nSPS) is 14.2. The average molecular weight is 622 g/mol. The van der Waals surface area contributed by atoms with Crippen LogP contribution in [0, 0.1) is 11.8 Å². The first kappa shape index (κ1) is 37.5. The lowest BCUT2D eigenvalue weighted by molar-refractivity contribution is 0.0679. The molecule has 0 saturated carbocycles. The molecule has 12 nitrogen and oxygen atoms in total. The summed E-state index contributed by atoms with van der Waals surface area (Å²) in [6, 6.07) is -0.0512. The first-order chi connectivity index (χ1) is 19.8. The van der Waals surface area contributed by atoms with Crippen molar-refractivity contribution >= 4 is 61.8 Å². The summed E-state index contributed by atoms with van der Waals surface area (Å²) in [6.07, 6.45) is 1.44. The number of aromatic nitrogens is 2. The van der Waals surface area contributed by atoms with Gasteiger partial charge in [-0.2, -0.15) is 0 Å². The largest absolute Gasteiger partial charge is 0.476 e. The fraction of sp³-hybridized carbons (Fsp3) is 0.615. The SMILES string of the molecule is CC(C)[C@H](C[C@H](O)c1nc(C(=O)O)cs1)N(C)[B]C=O.CCCN([B]C=O)[C@@H](C[C@H](O)c1nc(C(=O)O)cs1)C(C)C. The number of carboxylic acid groups (broad SMARTS) is 2. The van der Waals surface area contributed by atoms with Crippen molar-refractivity contribution in [3.8, 4) is 0 Å². The molecule has 0 aromatic carbocycles. The van der Waals surface area contributed by atoms with Crippen LogP contribution in [0.1, 0.15) is 97.1 Å². The second-order valence-corrected chi connectivity index (χ2v) is 12.1. The first-order valence-corrected chi connectivity index (χ1v) is 15.3. The van der Waals surface area contributed by atoms with Gasteiger partial charge in [-0.3, -0.25) is 0 Å². The molecule has 2 aromatic rings. The topological polar surface area (TPSA) is 181 Å². The number of carboxylic acids is 2. The van der Waals surface area contributed by atoms with Gasteiger partial charge in [0.2, 0.25) is 0 Å². The number of rotatable bonds is 18. The highest BCUT2D eigenvalue weighted by atomic mass is 32.1. The summed E-state index contributed by atoms with van der Waals surface area (Å²) in [5, 5.41) is 41.8. The van der Waals surface area contributed by atoms with Crippen LogP contribution in [0.4, 0.5) is 0 Å². The van der Waals surface area contributed by atoms with E-state index >= 15 is 0 Å². The van der Waals surface area contributed by atoms with Gasteiger partial charge in [-0.15, -0.1) is 22.7 Å². The first-order valence-electron chi connectivity index (χ1n) is 13.6. The van der Waals surface area contributed by atoms with E-state index in [1.165, 1.54) is 25.6 Å². The molecule has 0 aliphatic carbocycles. The standard InChI is InChI=1S/C14H22BN2O4S.C12H18BN2O4S/c1-4-5-17(15-8-18)11(9(2)3)6-12(19)13-16-10(7-22-13)14(20)21;1-7(2)9(15(3)13-6-16)4-10(17)11-14-8(5-20-11)12(18)19/h7-9,11-12,19H,4-6H2,1-3H3,(H,20,21);5-7,9-10,17H,4H2,1-3H3,(H,18,19)/t11-,12-;9-,10-/m00/s1. The zero-order valence-electron chi connectivity index (χ0n) is 24.8. The molecule has 0 spiro atoms. The van der Waals surface area contributed by atoms with Gasteiger partial charge < -0.3 is 39.6 Å². The molecule has 16 heteroatoms. The molecule has 0 aliphatic rings. The Bertz CT molecular complexity index is 1130. The number of nitrogens with zero attached hydrogens (tertiary/aromatic N) is 4. The van der Waals surface area contributed by atoms with Crippen LogP contribution in [0.15, 0.2) is 10.8 Å². The number of aromatic carboxylic acids is 2. The zero-order chi connectivity index (χ0) is 32.0. The maximum Gasteiger partial charge on any atom is 0.355 e. The molecule has 0 bridgehead atoms. The van der Waals surface area contributed by atoms with Crippen LogP contribution in [-0.4, -0.2) is 105 Å². The highest BCUT2D eigenvalue weighted by Gasteiger charge is 2.27. The molecule has 2 radical (unpaired) electrons. The third-order valence-corrected chi connectivity index (χ3v) is 8.39. The fourth-order valence-electron chi connectivity index (χ4n) is 4.33. The number of carbonyl (C=O) groups excluding carboxylic acids is 2. The highest BCUT2D eigenvalue weighted by molar-refractivity contribution is 7.10. The number of thiazole rings is 2. The molecule has 0 unspecified atom stereocenters. The second-order valence-electron chi connectivity index (χ2n) is 10.4. The van der Waals surface area contributed by atoms with Crippen molar-refractivity contribution in [3.05, 3.63) is 32.2 Å². The van der Waals surface area contributed by atoms with Crippen LogP contribution < -0.4 is 0 Å². The van der Waals surface area contributed by atoms with Gasteiger partial charge in [-0.1, -0.05) is 34.6 Å². The van der Waals surface area contributed by atoms with Gasteiger partial charge in [0.05, 0.1) is 12.4 Å². The lowest BCUT2D eigenvalue weighted by Gasteiger charge is -2.34. The third-order valence-electron chi connectivity index (χ3n) is 6.50. The van der Waals surface area contributed by atoms with E-state index < -0.39 is 24.1 Å². The highest BCUT2D eigenvalue weighted by Crippen LogP contribution is 2.28. The van der Waals surface area contributed by atoms with E-state index in [2.05, 4.69) is 9.97 Å². The summed E-state index contributed by atoms with van der Waals surface area (Å²) in [7, 11) is 4.70. The predicted octanol–water partition coefficient (Wildman–Crippen LogP) is 2.84. The molecule has 2 aromatic heterocycles. The van der Waals surface area contributed by atoms with Gasteiger partial charge >= 0.3 is 11.9 Å². The summed E-state index contributed by atoms with van der Waals surface area (Å²) in [4.78, 5) is 54.5. The van der Waals surface area contributed by atoms with E-state index in [0.717, 1.165) is 41.8 Å². The molecule has 0 saturated heterocycles. The molecule has 0 aliphatic heterocycles. The Balaban J connectivity index is 0.000000422. The average Bonchev–Trinajstić information content (AvgIpc) is 3.61. The monoisotopic (exact) mass is 622 g/mol. The number of aliphatic hydroxyl groups is 2. The number of hydrogen-bond acceptors (Lipinski definition) is 12. The van der Waals surface area contributed by atoms with Crippen LogP contribution >= 0.6 is 22.7 Å². The molecule has 0 fully saturated rings. The van der Waals surface area contributed by atoms with E-state index in [-0.39, 0.29) is 35.3 Å². The van der Waals surface area contributed by atoms with Crippen molar-refractivity contribution in [2.24, 2.45) is 11.8 Å². The number of hydrogen-bond donors (Lipinski definition) is 4. The molecule has 2 rings (SSSR count). The molecule has 4 N–H and O–H groups in total. The Morgan fingerprint density at radius 1 is 0.857 bits per heavy atom. The second kappa shape index (κ2) is 18.9. The van der Waals surface area contributed by atoms with Crippen molar-refractivity contribution < 1.29 is 39.6 Å². The van der Waals surface area contributed by atoms with Crippen molar-refractivity contribution in [1.29, 1.82) is 0 Å². The minimum Gasteiger partial charge on any atom is -0.476 e. The van der Waals surface area contributed by atoms with Crippen LogP contribution in [0.25, 0.3) is 0 Å². The van der Waals surface area contributed by atoms with Crippen LogP contribution in [0.5, 0.6) is 0 Å². The third kappa shape index (κ3) is 12.0. The van der Waals surface area contributed by atoms with Crippen molar-refractivity contribution in [1.82, 2.24) is 19.6 Å². The van der Waals surface area contributed by atoms with Gasteiger partial charge in [0.15, 0.2) is 11.4 Å². The molecular formula is C26H40B2N4O8S2. The van der Waals surface area contributed by atoms with E-state index in [9.17, 15) is 29.4 Å². The molecule has 230 valence electrons. The van der Waals surface area contributed by atoms with E-state index in [1.54, 1.807) is 11.9 Å². The van der Waals surface area contributed by atoms with Crippen LogP contribution in [-0.2, 0) is 9.59 Å².